The molecule has 0 aliphatic carbocycles. The van der Waals surface area contributed by atoms with Gasteiger partial charge >= 0.3 is 5.97 Å². The zero-order chi connectivity index (χ0) is 67.5. The smallest absolute Gasteiger partial charge is 0.325 e. The highest BCUT2D eigenvalue weighted by molar-refractivity contribution is 7.98. The van der Waals surface area contributed by atoms with E-state index in [0.29, 0.717) is 17.7 Å². The molecule has 32 heteroatoms. The zero-order valence-electron chi connectivity index (χ0n) is 51.9. The largest absolute Gasteiger partial charge is 0.480 e. The van der Waals surface area contributed by atoms with Gasteiger partial charge in [0, 0.05) is 36.6 Å². The van der Waals surface area contributed by atoms with Crippen molar-refractivity contribution in [1.29, 1.82) is 0 Å². The van der Waals surface area contributed by atoms with Crippen LogP contribution in [0.1, 0.15) is 83.8 Å². The van der Waals surface area contributed by atoms with E-state index < -0.39 is 156 Å². The van der Waals surface area contributed by atoms with Crippen LogP contribution in [-0.2, 0) is 70.4 Å². The molecular formula is C59H88N16O14S2. The molecule has 0 unspecified atom stereocenters. The van der Waals surface area contributed by atoms with Gasteiger partial charge in [-0.15, -0.1) is 0 Å². The number of carboxylic acid groups (broad SMARTS) is 1. The van der Waals surface area contributed by atoms with Crippen LogP contribution < -0.4 is 70.8 Å². The van der Waals surface area contributed by atoms with Crippen molar-refractivity contribution >= 4 is 111 Å². The van der Waals surface area contributed by atoms with E-state index in [0.717, 1.165) is 21.4 Å². The first kappa shape index (κ1) is 75.0. The van der Waals surface area contributed by atoms with Crippen LogP contribution in [0.4, 0.5) is 0 Å². The van der Waals surface area contributed by atoms with E-state index in [4.69, 9.17) is 28.0 Å². The van der Waals surface area contributed by atoms with Gasteiger partial charge in [-0.2, -0.15) is 23.5 Å². The number of fused-ring (bicyclic) bond motifs is 1. The lowest BCUT2D eigenvalue weighted by molar-refractivity contribution is -0.144. The van der Waals surface area contributed by atoms with Crippen molar-refractivity contribution in [2.24, 2.45) is 33.8 Å². The summed E-state index contributed by atoms with van der Waals surface area (Å²) in [4.78, 5) is 171. The molecule has 1 aromatic heterocycles. The SMILES string of the molecule is CSCC[C@H](NC(=O)[C@H](CCCN=C(N)N)NC(=O)[C@H](Cc1c[nH]c2ccccc12)NC(=O)[C@@H](N)Cc1ccccc1)C(=O)N[C@H](C(=O)N[C@@H](CCSC)C(=O)N[C@@H](CO)C(=O)N[C@@H](CC(N)=O)C(=O)N1CCC[C@H]1C(=O)N[C@@H](C)C(=O)N[C@@H](C)C(=O)O)C(C)C. The van der Waals surface area contributed by atoms with E-state index in [-0.39, 0.29) is 69.7 Å². The van der Waals surface area contributed by atoms with Gasteiger partial charge in [0.1, 0.15) is 60.4 Å². The molecule has 1 aliphatic rings. The van der Waals surface area contributed by atoms with Crippen LogP contribution >= 0.6 is 23.5 Å². The maximum absolute atomic E-state index is 14.5. The van der Waals surface area contributed by atoms with Gasteiger partial charge in [-0.25, -0.2) is 0 Å². The number of nitrogens with zero attached hydrogens (tertiary/aromatic N) is 2. The summed E-state index contributed by atoms with van der Waals surface area (Å²) in [6.45, 7) is 4.77. The number of aliphatic carboxylic acids is 1. The molecule has 2 heterocycles. The fourth-order valence-corrected chi connectivity index (χ4v) is 10.7. The van der Waals surface area contributed by atoms with E-state index in [1.807, 2.05) is 54.6 Å². The van der Waals surface area contributed by atoms with E-state index >= 15 is 0 Å². The van der Waals surface area contributed by atoms with Crippen LogP contribution in [-0.4, -0.2) is 207 Å². The van der Waals surface area contributed by atoms with Gasteiger partial charge in [0.2, 0.25) is 65.0 Å². The Kier molecular flexibility index (Phi) is 31.0. The number of aliphatic imine (C=N–C) groups is 1. The number of aromatic nitrogens is 1. The van der Waals surface area contributed by atoms with Crippen LogP contribution in [0.3, 0.4) is 0 Å². The standard InChI is InChI=1S/C59H88N16O14S2/c1-31(2)47(56(86)70-40(20-24-90-5)51(81)73-44(30-76)54(84)72-43(28-46(61)77)57(87)75-23-13-19-45(75)55(85)66-32(3)48(78)67-33(4)58(88)89)74-52(82)41(21-25-91-6)69-50(80)39(18-12-22-64-59(62)63)68-53(83)42(27-35-29-65-38-17-11-10-16-36(35)38)71-49(79)37(60)26-34-14-8-7-9-15-34/h7-11,14-17,29,31-33,37,39-45,47,65,76H,12-13,18-28,30,60H2,1-6H3,(H2,61,77)(H,66,85)(H,67,78)(H,68,83)(H,69,80)(H,70,86)(H,71,79)(H,72,84)(H,73,81)(H,74,82)(H,88,89)(H4,62,63,64)/t32-,33-,37-,39-,40-,41-,42-,43-,44-,45-,47-/m0/s1. The van der Waals surface area contributed by atoms with Gasteiger partial charge in [0.25, 0.3) is 0 Å². The molecular weight excluding hydrogens is 1220 g/mol. The molecule has 1 aliphatic heterocycles. The van der Waals surface area contributed by atoms with Gasteiger partial charge in [-0.1, -0.05) is 62.4 Å². The number of aliphatic hydroxyl groups is 1. The predicted molar refractivity (Wildman–Crippen MR) is 343 cm³/mol. The fraction of sp³-hybridized carbons (Fsp3) is 0.542. The molecule has 30 nitrogen and oxygen atoms in total. The highest BCUT2D eigenvalue weighted by Gasteiger charge is 2.41. The monoisotopic (exact) mass is 1310 g/mol. The quantitative estimate of drug-likeness (QED) is 0.0153. The number of rotatable bonds is 38. The van der Waals surface area contributed by atoms with Gasteiger partial charge in [0.15, 0.2) is 5.96 Å². The molecule has 11 atom stereocenters. The average Bonchev–Trinajstić information content (AvgIpc) is 1.90. The Morgan fingerprint density at radius 2 is 1.16 bits per heavy atom. The average molecular weight is 1310 g/mol. The molecule has 0 saturated carbocycles. The topological polar surface area (TPSA) is 489 Å². The van der Waals surface area contributed by atoms with Crippen LogP contribution in [0, 0.1) is 5.92 Å². The van der Waals surface area contributed by atoms with Gasteiger partial charge in [-0.05, 0) is 106 Å². The number of hydrogen-bond donors (Lipinski definition) is 16. The number of likely N-dealkylation sites (tertiary alicyclic amines) is 1. The number of benzene rings is 2. The number of carboxylic acids is 1. The summed E-state index contributed by atoms with van der Waals surface area (Å²) in [5.41, 5.74) is 25.3. The van der Waals surface area contributed by atoms with Crippen molar-refractivity contribution in [2.45, 2.75) is 152 Å². The molecule has 1 saturated heterocycles. The fourth-order valence-electron chi connectivity index (χ4n) is 9.76. The maximum Gasteiger partial charge on any atom is 0.325 e. The molecule has 0 radical (unpaired) electrons. The second kappa shape index (κ2) is 37.6. The van der Waals surface area contributed by atoms with E-state index in [1.165, 1.54) is 37.4 Å². The second-order valence-electron chi connectivity index (χ2n) is 22.3. The molecule has 1 fully saturated rings. The number of hydrogen-bond acceptors (Lipinski definition) is 17. The summed E-state index contributed by atoms with van der Waals surface area (Å²) in [7, 11) is 0. The number of aromatic amines is 1. The van der Waals surface area contributed by atoms with Crippen LogP contribution in [0.25, 0.3) is 10.9 Å². The number of nitrogens with two attached hydrogens (primary N) is 4. The molecule has 3 aromatic rings. The number of carbonyl (C=O) groups excluding carboxylic acids is 11. The normalized spacial score (nSPS) is 16.1. The number of para-hydroxylation sites is 1. The number of carbonyl (C=O) groups is 12. The van der Waals surface area contributed by atoms with Crippen molar-refractivity contribution in [2.75, 3.05) is 43.7 Å². The van der Waals surface area contributed by atoms with Crippen molar-refractivity contribution in [1.82, 2.24) is 57.7 Å². The molecule has 0 spiro atoms. The van der Waals surface area contributed by atoms with Crippen LogP contribution in [0.15, 0.2) is 65.8 Å². The Bertz CT molecular complexity index is 3040. The zero-order valence-corrected chi connectivity index (χ0v) is 53.5. The summed E-state index contributed by atoms with van der Waals surface area (Å²) in [6.07, 6.45) is 5.14. The lowest BCUT2D eigenvalue weighted by Gasteiger charge is -2.30. The summed E-state index contributed by atoms with van der Waals surface area (Å²) >= 11 is 2.67. The van der Waals surface area contributed by atoms with Crippen molar-refractivity contribution < 1.29 is 67.7 Å². The molecule has 0 bridgehead atoms. The van der Waals surface area contributed by atoms with Crippen LogP contribution in [0.2, 0.25) is 0 Å². The van der Waals surface area contributed by atoms with E-state index in [1.54, 1.807) is 32.6 Å². The van der Waals surface area contributed by atoms with E-state index in [9.17, 15) is 62.6 Å². The minimum absolute atomic E-state index is 0.0197. The lowest BCUT2D eigenvalue weighted by Crippen LogP contribution is -2.62. The third kappa shape index (κ3) is 24.0. The van der Waals surface area contributed by atoms with Gasteiger partial charge in [-0.3, -0.25) is 62.5 Å². The van der Waals surface area contributed by atoms with Gasteiger partial charge < -0.3 is 90.9 Å². The Hall–Kier alpha value is -8.49. The first-order valence-corrected chi connectivity index (χ1v) is 32.5. The number of thioether (sulfide) groups is 2. The number of nitrogens with one attached hydrogen (secondary N) is 10. The maximum atomic E-state index is 14.5. The Balaban J connectivity index is 1.52. The first-order valence-electron chi connectivity index (χ1n) is 29.7. The summed E-state index contributed by atoms with van der Waals surface area (Å²) in [5.74, 6) is -11.0. The number of guanidine groups is 1. The highest BCUT2D eigenvalue weighted by atomic mass is 32.2. The number of H-pyrrole nitrogens is 1. The number of aliphatic hydroxyl groups excluding tert-OH is 1. The Morgan fingerprint density at radius 3 is 1.75 bits per heavy atom. The Morgan fingerprint density at radius 1 is 0.626 bits per heavy atom. The third-order valence-electron chi connectivity index (χ3n) is 14.8. The highest BCUT2D eigenvalue weighted by Crippen LogP contribution is 2.22. The first-order chi connectivity index (χ1) is 43.2. The second-order valence-corrected chi connectivity index (χ2v) is 24.3. The van der Waals surface area contributed by atoms with Crippen LogP contribution in [0.5, 0.6) is 0 Å². The molecule has 91 heavy (non-hydrogen) atoms. The lowest BCUT2D eigenvalue weighted by atomic mass is 10.0. The Labute approximate surface area is 536 Å². The summed E-state index contributed by atoms with van der Waals surface area (Å²) in [6, 6.07) is 1.56. The van der Waals surface area contributed by atoms with E-state index in [2.05, 4.69) is 57.8 Å². The molecule has 500 valence electrons. The molecule has 11 amide bonds. The van der Waals surface area contributed by atoms with Crippen molar-refractivity contribution in [3.8, 4) is 0 Å². The minimum atomic E-state index is -1.79. The van der Waals surface area contributed by atoms with Crippen molar-refractivity contribution in [3.05, 3.63) is 71.9 Å². The molecule has 20 N–H and O–H groups in total. The van der Waals surface area contributed by atoms with Crippen molar-refractivity contribution in [3.63, 3.8) is 0 Å². The number of amides is 11. The third-order valence-corrected chi connectivity index (χ3v) is 16.1. The molecule has 2 aromatic carbocycles. The summed E-state index contributed by atoms with van der Waals surface area (Å²) < 4.78 is 0. The molecule has 4 rings (SSSR count). The number of primary amides is 1. The minimum Gasteiger partial charge on any atom is -0.480 e. The van der Waals surface area contributed by atoms with Gasteiger partial charge in [0.05, 0.1) is 19.1 Å². The summed E-state index contributed by atoms with van der Waals surface area (Å²) in [5, 5.41) is 43.4. The predicted octanol–water partition coefficient (Wildman–Crippen LogP) is -3.16.